The highest BCUT2D eigenvalue weighted by atomic mass is 16.5. The maximum atomic E-state index is 5.23. The van der Waals surface area contributed by atoms with Gasteiger partial charge in [-0.3, -0.25) is 4.68 Å². The Bertz CT molecular complexity index is 218. The maximum absolute atomic E-state index is 5.23. The fraction of sp³-hybridized carbons (Fsp3) is 0.571. The van der Waals surface area contributed by atoms with Crippen LogP contribution in [0.4, 0.5) is 0 Å². The molecule has 0 bridgehead atoms. The van der Waals surface area contributed by atoms with Gasteiger partial charge in [-0.15, -0.1) is 0 Å². The molecule has 0 atom stereocenters. The van der Waals surface area contributed by atoms with E-state index in [1.54, 1.807) is 0 Å². The molecule has 3 heteroatoms. The fourth-order valence-corrected chi connectivity index (χ4v) is 1.26. The second kappa shape index (κ2) is 2.09. The molecule has 2 heterocycles. The van der Waals surface area contributed by atoms with Crippen LogP contribution < -0.4 is 0 Å². The van der Waals surface area contributed by atoms with Crippen molar-refractivity contribution in [3.63, 3.8) is 0 Å². The monoisotopic (exact) mass is 138 g/mol. The van der Waals surface area contributed by atoms with Gasteiger partial charge < -0.3 is 4.74 Å². The van der Waals surface area contributed by atoms with Crippen LogP contribution in [0.3, 0.4) is 0 Å². The smallest absolute Gasteiger partial charge is 0.0914 e. The number of nitrogens with zero attached hydrogens (tertiary/aromatic N) is 2. The van der Waals surface area contributed by atoms with Crippen molar-refractivity contribution in [2.45, 2.75) is 13.0 Å². The first-order valence-electron chi connectivity index (χ1n) is 3.45. The van der Waals surface area contributed by atoms with E-state index >= 15 is 0 Å². The molecule has 0 saturated carbocycles. The van der Waals surface area contributed by atoms with Crippen molar-refractivity contribution in [3.8, 4) is 0 Å². The van der Waals surface area contributed by atoms with E-state index in [1.807, 2.05) is 11.7 Å². The van der Waals surface area contributed by atoms with E-state index in [2.05, 4.69) is 11.3 Å². The van der Waals surface area contributed by atoms with E-state index in [4.69, 9.17) is 4.74 Å². The van der Waals surface area contributed by atoms with Gasteiger partial charge in [-0.05, 0) is 12.0 Å². The summed E-state index contributed by atoms with van der Waals surface area (Å²) < 4.78 is 7.08. The number of hydrogen-bond acceptors (Lipinski definition) is 2. The summed E-state index contributed by atoms with van der Waals surface area (Å²) in [5.41, 5.74) is 2.45. The molecule has 1 aromatic heterocycles. The molecule has 0 unspecified atom stereocenters. The van der Waals surface area contributed by atoms with E-state index in [9.17, 15) is 0 Å². The summed E-state index contributed by atoms with van der Waals surface area (Å²) in [5, 5.41) is 4.24. The first kappa shape index (κ1) is 5.92. The topological polar surface area (TPSA) is 27.1 Å². The number of ether oxygens (including phenoxy) is 1. The van der Waals surface area contributed by atoms with Gasteiger partial charge in [0.2, 0.25) is 0 Å². The molecular weight excluding hydrogens is 128 g/mol. The second-order valence-electron chi connectivity index (χ2n) is 2.58. The first-order chi connectivity index (χ1) is 4.86. The van der Waals surface area contributed by atoms with Gasteiger partial charge in [0.1, 0.15) is 0 Å². The molecule has 2 rings (SSSR count). The third-order valence-electron chi connectivity index (χ3n) is 1.75. The molecule has 0 fully saturated rings. The lowest BCUT2D eigenvalue weighted by Gasteiger charge is -2.08. The molecule has 54 valence electrons. The molecule has 0 aromatic carbocycles. The molecule has 0 amide bonds. The molecule has 1 aromatic rings. The van der Waals surface area contributed by atoms with E-state index in [0.29, 0.717) is 6.61 Å². The van der Waals surface area contributed by atoms with Gasteiger partial charge in [0, 0.05) is 13.2 Å². The van der Waals surface area contributed by atoms with Crippen molar-refractivity contribution in [1.82, 2.24) is 9.78 Å². The lowest BCUT2D eigenvalue weighted by Crippen LogP contribution is -2.07. The highest BCUT2D eigenvalue weighted by Crippen LogP contribution is 2.13. The molecule has 3 nitrogen and oxygen atoms in total. The molecule has 0 N–H and O–H groups in total. The third kappa shape index (κ3) is 0.827. The van der Waals surface area contributed by atoms with Crippen LogP contribution >= 0.6 is 0 Å². The fourth-order valence-electron chi connectivity index (χ4n) is 1.26. The summed E-state index contributed by atoms with van der Waals surface area (Å²) in [5.74, 6) is 0. The molecular formula is C7H10N2O. The van der Waals surface area contributed by atoms with Crippen LogP contribution in [0.25, 0.3) is 0 Å². The number of aryl methyl sites for hydroxylation is 1. The van der Waals surface area contributed by atoms with Crippen LogP contribution in [0.1, 0.15) is 11.3 Å². The molecule has 10 heavy (non-hydrogen) atoms. The normalized spacial score (nSPS) is 16.9. The Balaban J connectivity index is 2.41. The molecule has 0 spiro atoms. The summed E-state index contributed by atoms with van der Waals surface area (Å²) in [7, 11) is 1.94. The van der Waals surface area contributed by atoms with Crippen LogP contribution in [-0.4, -0.2) is 16.4 Å². The van der Waals surface area contributed by atoms with E-state index < -0.39 is 0 Å². The van der Waals surface area contributed by atoms with Crippen LogP contribution in [-0.2, 0) is 24.8 Å². The van der Waals surface area contributed by atoms with Crippen molar-refractivity contribution < 1.29 is 4.74 Å². The zero-order chi connectivity index (χ0) is 6.97. The zero-order valence-electron chi connectivity index (χ0n) is 6.00. The molecule has 0 aliphatic carbocycles. The van der Waals surface area contributed by atoms with Crippen molar-refractivity contribution in [2.75, 3.05) is 6.61 Å². The molecule has 0 saturated heterocycles. The number of aromatic nitrogens is 2. The lowest BCUT2D eigenvalue weighted by atomic mass is 10.2. The predicted octanol–water partition coefficient (Wildman–Crippen LogP) is 0.493. The second-order valence-corrected chi connectivity index (χ2v) is 2.58. The maximum Gasteiger partial charge on any atom is 0.0914 e. The number of hydrogen-bond donors (Lipinski definition) is 0. The minimum absolute atomic E-state index is 0.691. The average molecular weight is 138 g/mol. The minimum Gasteiger partial charge on any atom is -0.375 e. The number of fused-ring (bicyclic) bond motifs is 1. The summed E-state index contributed by atoms with van der Waals surface area (Å²) in [6.45, 7) is 1.54. The van der Waals surface area contributed by atoms with Crippen molar-refractivity contribution in [3.05, 3.63) is 17.5 Å². The van der Waals surface area contributed by atoms with E-state index in [0.717, 1.165) is 18.7 Å². The highest BCUT2D eigenvalue weighted by molar-refractivity contribution is 5.17. The van der Waals surface area contributed by atoms with Gasteiger partial charge >= 0.3 is 0 Å². The predicted molar refractivity (Wildman–Crippen MR) is 36.6 cm³/mol. The Morgan fingerprint density at radius 2 is 2.60 bits per heavy atom. The van der Waals surface area contributed by atoms with Crippen LogP contribution in [0.15, 0.2) is 6.20 Å². The Hall–Kier alpha value is -0.830. The van der Waals surface area contributed by atoms with Gasteiger partial charge in [-0.25, -0.2) is 0 Å². The minimum atomic E-state index is 0.691. The van der Waals surface area contributed by atoms with Gasteiger partial charge in [-0.2, -0.15) is 5.10 Å². The quantitative estimate of drug-likeness (QED) is 0.521. The summed E-state index contributed by atoms with van der Waals surface area (Å²) in [6, 6.07) is 0. The Morgan fingerprint density at radius 1 is 1.70 bits per heavy atom. The molecule has 1 aliphatic heterocycles. The van der Waals surface area contributed by atoms with Gasteiger partial charge in [0.25, 0.3) is 0 Å². The largest absolute Gasteiger partial charge is 0.375 e. The number of rotatable bonds is 0. The molecule has 1 aliphatic rings. The van der Waals surface area contributed by atoms with Gasteiger partial charge in [0.15, 0.2) is 0 Å². The van der Waals surface area contributed by atoms with Crippen molar-refractivity contribution >= 4 is 0 Å². The Kier molecular flexibility index (Phi) is 1.24. The van der Waals surface area contributed by atoms with Crippen molar-refractivity contribution in [1.29, 1.82) is 0 Å². The average Bonchev–Trinajstić information content (AvgIpc) is 2.27. The zero-order valence-corrected chi connectivity index (χ0v) is 6.00. The SMILES string of the molecule is Cn1cc2c(n1)COCC2. The first-order valence-corrected chi connectivity index (χ1v) is 3.45. The Morgan fingerprint density at radius 3 is 3.40 bits per heavy atom. The van der Waals surface area contributed by atoms with E-state index in [1.165, 1.54) is 5.56 Å². The van der Waals surface area contributed by atoms with Crippen LogP contribution in [0.2, 0.25) is 0 Å². The van der Waals surface area contributed by atoms with E-state index in [-0.39, 0.29) is 0 Å². The van der Waals surface area contributed by atoms with Crippen LogP contribution in [0, 0.1) is 0 Å². The van der Waals surface area contributed by atoms with Crippen molar-refractivity contribution in [2.24, 2.45) is 7.05 Å². The standard InChI is InChI=1S/C7H10N2O/c1-9-4-6-2-3-10-5-7(6)8-9/h4H,2-3,5H2,1H3. The lowest BCUT2D eigenvalue weighted by molar-refractivity contribution is 0.108. The summed E-state index contributed by atoms with van der Waals surface area (Å²) in [6.07, 6.45) is 3.08. The third-order valence-corrected chi connectivity index (χ3v) is 1.75. The van der Waals surface area contributed by atoms with Crippen LogP contribution in [0.5, 0.6) is 0 Å². The molecule has 0 radical (unpaired) electrons. The highest BCUT2D eigenvalue weighted by Gasteiger charge is 2.11. The summed E-state index contributed by atoms with van der Waals surface area (Å²) >= 11 is 0. The summed E-state index contributed by atoms with van der Waals surface area (Å²) in [4.78, 5) is 0. The van der Waals surface area contributed by atoms with Gasteiger partial charge in [-0.1, -0.05) is 0 Å². The Labute approximate surface area is 59.6 Å². The van der Waals surface area contributed by atoms with Gasteiger partial charge in [0.05, 0.1) is 18.9 Å².